The van der Waals surface area contributed by atoms with Crippen molar-refractivity contribution in [2.75, 3.05) is 26.4 Å². The van der Waals surface area contributed by atoms with Gasteiger partial charge in [-0.2, -0.15) is 0 Å². The average Bonchev–Trinajstić information content (AvgIpc) is 2.71. The first kappa shape index (κ1) is 34.4. The van der Waals surface area contributed by atoms with Crippen molar-refractivity contribution in [3.05, 3.63) is 0 Å². The number of aliphatic hydroxyl groups excluding tert-OH is 11. The molecule has 0 amide bonds. The van der Waals surface area contributed by atoms with Gasteiger partial charge in [0, 0.05) is 13.2 Å². The first-order valence-corrected chi connectivity index (χ1v) is 8.11. The van der Waals surface area contributed by atoms with Gasteiger partial charge in [0.05, 0.1) is 13.2 Å². The molecule has 0 fully saturated rings. The van der Waals surface area contributed by atoms with Crippen LogP contribution in [0.5, 0.6) is 0 Å². The minimum absolute atomic E-state index is 0.0258. The molecule has 172 valence electrons. The second-order valence-corrected chi connectivity index (χ2v) is 4.86. The number of hydrogen-bond acceptors (Lipinski definition) is 13. The molecule has 7 atom stereocenters. The Labute approximate surface area is 162 Å². The minimum Gasteiger partial charge on any atom is -0.397 e. The maximum atomic E-state index is 9.90. The van der Waals surface area contributed by atoms with E-state index >= 15 is 0 Å². The summed E-state index contributed by atoms with van der Waals surface area (Å²) in [4.78, 5) is 19.7. The highest BCUT2D eigenvalue weighted by Crippen LogP contribution is 2.03. The monoisotopic (exact) mass is 422 g/mol. The number of carbonyl (C=O) groups is 2. The number of hydrogen-bond donors (Lipinski definition) is 11. The molecule has 0 aliphatic heterocycles. The first-order valence-electron chi connectivity index (χ1n) is 8.11. The zero-order valence-corrected chi connectivity index (χ0v) is 15.8. The SMILES string of the molecule is CCO.CCO.O=C[C@H](O)[C@@H](O)[C@H](O)CO.O=C[C@H](O)[C@@H](O)[C@H](O)[C@H](O)CO. The standard InChI is InChI=1S/C6H12O6.C5H10O5.2C2H6O/c7-1-3(9)5(11)6(12)4(10)2-8;6-1-3(8)5(10)4(9)2-7;2*1-2-3/h1,3-6,8-12H,2H2;1,3-5,7-10H,2H2;2*3H,2H2,1H3/t3-,4+,5+,6+;3-,4+,5+;;/m00../s1. The molecule has 0 spiro atoms. The number of rotatable bonds is 9. The van der Waals surface area contributed by atoms with Gasteiger partial charge in [0.25, 0.3) is 0 Å². The highest BCUT2D eigenvalue weighted by molar-refractivity contribution is 5.57. The van der Waals surface area contributed by atoms with E-state index in [1.807, 2.05) is 0 Å². The van der Waals surface area contributed by atoms with Crippen LogP contribution in [-0.4, -0.2) is 138 Å². The van der Waals surface area contributed by atoms with E-state index in [9.17, 15) is 9.59 Å². The smallest absolute Gasteiger partial charge is 0.151 e. The van der Waals surface area contributed by atoms with Crippen LogP contribution in [0.15, 0.2) is 0 Å². The molecule has 28 heavy (non-hydrogen) atoms. The molecule has 13 heteroatoms. The molecule has 0 saturated heterocycles. The van der Waals surface area contributed by atoms with Crippen LogP contribution in [0.2, 0.25) is 0 Å². The molecule has 0 radical (unpaired) electrons. The third-order valence-electron chi connectivity index (χ3n) is 2.49. The zero-order valence-electron chi connectivity index (χ0n) is 15.8. The van der Waals surface area contributed by atoms with Crippen LogP contribution >= 0.6 is 0 Å². The molecule has 0 saturated carbocycles. The Morgan fingerprint density at radius 1 is 0.571 bits per heavy atom. The summed E-state index contributed by atoms with van der Waals surface area (Å²) in [5.74, 6) is 0. The van der Waals surface area contributed by atoms with Gasteiger partial charge in [-0.3, -0.25) is 0 Å². The zero-order chi connectivity index (χ0) is 23.3. The number of aldehydes is 2. The van der Waals surface area contributed by atoms with E-state index in [0.29, 0.717) is 0 Å². The van der Waals surface area contributed by atoms with Gasteiger partial charge in [0.1, 0.15) is 42.7 Å². The lowest BCUT2D eigenvalue weighted by Crippen LogP contribution is -2.46. The van der Waals surface area contributed by atoms with Crippen LogP contribution in [-0.2, 0) is 9.59 Å². The van der Waals surface area contributed by atoms with Gasteiger partial charge in [0.15, 0.2) is 12.6 Å². The van der Waals surface area contributed by atoms with Crippen LogP contribution in [0.4, 0.5) is 0 Å². The largest absolute Gasteiger partial charge is 0.397 e. The lowest BCUT2D eigenvalue weighted by atomic mass is 10.0. The Morgan fingerprint density at radius 2 is 0.821 bits per heavy atom. The topological polar surface area (TPSA) is 257 Å². The van der Waals surface area contributed by atoms with E-state index in [0.717, 1.165) is 0 Å². The Kier molecular flexibility index (Phi) is 29.4. The van der Waals surface area contributed by atoms with Crippen LogP contribution in [0.3, 0.4) is 0 Å². The van der Waals surface area contributed by atoms with Crippen molar-refractivity contribution in [3.63, 3.8) is 0 Å². The third kappa shape index (κ3) is 19.7. The molecular formula is C15H34O13. The predicted octanol–water partition coefficient (Wildman–Crippen LogP) is -6.12. The van der Waals surface area contributed by atoms with Crippen LogP contribution in [0, 0.1) is 0 Å². The molecule has 0 aliphatic rings. The van der Waals surface area contributed by atoms with Gasteiger partial charge in [0.2, 0.25) is 0 Å². The fourth-order valence-electron chi connectivity index (χ4n) is 1.03. The second-order valence-electron chi connectivity index (χ2n) is 4.86. The van der Waals surface area contributed by atoms with Crippen LogP contribution in [0.1, 0.15) is 13.8 Å². The predicted molar refractivity (Wildman–Crippen MR) is 93.9 cm³/mol. The van der Waals surface area contributed by atoms with Crippen molar-refractivity contribution in [2.24, 2.45) is 0 Å². The summed E-state index contributed by atoms with van der Waals surface area (Å²) < 4.78 is 0. The Morgan fingerprint density at radius 3 is 1.07 bits per heavy atom. The quantitative estimate of drug-likeness (QED) is 0.155. The molecule has 11 N–H and O–H groups in total. The molecule has 13 nitrogen and oxygen atoms in total. The molecule has 0 aromatic heterocycles. The maximum Gasteiger partial charge on any atom is 0.151 e. The Balaban J connectivity index is -0.000000162. The molecule has 0 aliphatic carbocycles. The average molecular weight is 422 g/mol. The summed E-state index contributed by atoms with van der Waals surface area (Å²) in [5, 5.41) is 92.7. The van der Waals surface area contributed by atoms with Crippen molar-refractivity contribution in [1.29, 1.82) is 0 Å². The molecule has 0 rings (SSSR count). The van der Waals surface area contributed by atoms with Gasteiger partial charge < -0.3 is 65.8 Å². The van der Waals surface area contributed by atoms with Gasteiger partial charge >= 0.3 is 0 Å². The van der Waals surface area contributed by atoms with Crippen molar-refractivity contribution in [3.8, 4) is 0 Å². The van der Waals surface area contributed by atoms with Crippen molar-refractivity contribution < 1.29 is 65.8 Å². The van der Waals surface area contributed by atoms with E-state index in [1.165, 1.54) is 0 Å². The summed E-state index contributed by atoms with van der Waals surface area (Å²) >= 11 is 0. The minimum atomic E-state index is -1.79. The highest BCUT2D eigenvalue weighted by Gasteiger charge is 2.29. The summed E-state index contributed by atoms with van der Waals surface area (Å²) in [7, 11) is 0. The Hall–Kier alpha value is -1.10. The van der Waals surface area contributed by atoms with Crippen molar-refractivity contribution in [2.45, 2.75) is 56.6 Å². The molecular weight excluding hydrogens is 388 g/mol. The number of carbonyl (C=O) groups excluding carboxylic acids is 2. The second kappa shape index (κ2) is 23.9. The van der Waals surface area contributed by atoms with Gasteiger partial charge in [-0.05, 0) is 13.8 Å². The van der Waals surface area contributed by atoms with Crippen molar-refractivity contribution in [1.82, 2.24) is 0 Å². The summed E-state index contributed by atoms with van der Waals surface area (Å²) in [6.45, 7) is 2.41. The Bertz CT molecular complexity index is 329. The first-order chi connectivity index (χ1) is 13.0. The van der Waals surface area contributed by atoms with Gasteiger partial charge in [-0.15, -0.1) is 0 Å². The van der Waals surface area contributed by atoms with E-state index in [-0.39, 0.29) is 25.8 Å². The fourth-order valence-corrected chi connectivity index (χ4v) is 1.03. The normalized spacial score (nSPS) is 17.3. The summed E-state index contributed by atoms with van der Waals surface area (Å²) in [6.07, 6.45) is -11.5. The molecule has 0 unspecified atom stereocenters. The van der Waals surface area contributed by atoms with Crippen molar-refractivity contribution >= 4 is 12.6 Å². The lowest BCUT2D eigenvalue weighted by molar-refractivity contribution is -0.136. The molecule has 0 bridgehead atoms. The maximum absolute atomic E-state index is 9.90. The van der Waals surface area contributed by atoms with Gasteiger partial charge in [-0.25, -0.2) is 0 Å². The summed E-state index contributed by atoms with van der Waals surface area (Å²) in [5.41, 5.74) is 0. The fraction of sp³-hybridized carbons (Fsp3) is 0.867. The summed E-state index contributed by atoms with van der Waals surface area (Å²) in [6, 6.07) is 0. The van der Waals surface area contributed by atoms with E-state index in [1.54, 1.807) is 13.8 Å². The van der Waals surface area contributed by atoms with E-state index in [2.05, 4.69) is 0 Å². The van der Waals surface area contributed by atoms with E-state index < -0.39 is 55.9 Å². The third-order valence-corrected chi connectivity index (χ3v) is 2.49. The molecule has 0 aromatic rings. The van der Waals surface area contributed by atoms with E-state index in [4.69, 9.17) is 56.2 Å². The van der Waals surface area contributed by atoms with Crippen LogP contribution in [0.25, 0.3) is 0 Å². The molecule has 0 aromatic carbocycles. The highest BCUT2D eigenvalue weighted by atomic mass is 16.4. The molecule has 0 heterocycles. The number of aliphatic hydroxyl groups is 11. The van der Waals surface area contributed by atoms with Gasteiger partial charge in [-0.1, -0.05) is 0 Å². The van der Waals surface area contributed by atoms with Crippen LogP contribution < -0.4 is 0 Å². The lowest BCUT2D eigenvalue weighted by Gasteiger charge is -2.22.